The van der Waals surface area contributed by atoms with E-state index >= 15 is 0 Å². The van der Waals surface area contributed by atoms with Crippen molar-refractivity contribution in [1.29, 1.82) is 0 Å². The predicted molar refractivity (Wildman–Crippen MR) is 414 cm³/mol. The first-order valence-corrected chi connectivity index (χ1v) is 34.4. The van der Waals surface area contributed by atoms with Crippen LogP contribution in [0.1, 0.15) is 105 Å². The zero-order valence-electron chi connectivity index (χ0n) is 57.3. The summed E-state index contributed by atoms with van der Waals surface area (Å²) in [5.74, 6) is 0. The molecule has 96 heavy (non-hydrogen) atoms. The van der Waals surface area contributed by atoms with Gasteiger partial charge in [-0.25, -0.2) is 0 Å². The molecule has 0 aliphatic heterocycles. The Morgan fingerprint density at radius 1 is 0.198 bits per heavy atom. The van der Waals surface area contributed by atoms with Gasteiger partial charge in [0.25, 0.3) is 0 Å². The Hall–Kier alpha value is -10.5. The quantitative estimate of drug-likeness (QED) is 0.143. The summed E-state index contributed by atoms with van der Waals surface area (Å²) in [5, 5.41) is 10.2. The van der Waals surface area contributed by atoms with Crippen molar-refractivity contribution in [3.8, 4) is 89.0 Å². The summed E-state index contributed by atoms with van der Waals surface area (Å²) >= 11 is 0. The highest BCUT2D eigenvalue weighted by Crippen LogP contribution is 2.55. The standard InChI is InChI=1S/C94H80N2/c1-91(2,3)67-47-65(48-68(55-67)92(4,5)6)61-39-43-79-75(51-61)85-87-77-53-63(83-71(57-27-17-13-18-28-57)35-25-36-72(83)58-29-19-14-20-30-58)42-46-82(77)96-80-44-40-62(66-49-69(93(7,8)9)56-70(50-66)94(10,11)12)52-76(80)86(90(87)96)88-78-54-64(41-45-81(78)95(79)89(85)88)84-73(59-31-21-15-22-32-59)37-26-38-74(84)60-33-23-16-24-34-60/h13-56H,1-12H3. The fourth-order valence-corrected chi connectivity index (χ4v) is 15.8. The van der Waals surface area contributed by atoms with Gasteiger partial charge in [-0.3, -0.25) is 0 Å². The first kappa shape index (κ1) is 59.2. The third-order valence-electron chi connectivity index (χ3n) is 21.0. The van der Waals surface area contributed by atoms with E-state index in [-0.39, 0.29) is 21.7 Å². The van der Waals surface area contributed by atoms with E-state index in [0.717, 1.165) is 0 Å². The molecule has 0 saturated carbocycles. The highest BCUT2D eigenvalue weighted by molar-refractivity contribution is 6.45. The van der Waals surface area contributed by atoms with E-state index in [0.29, 0.717) is 0 Å². The molecule has 0 aliphatic carbocycles. The molecular weight excluding hydrogens is 1160 g/mol. The number of aromatic nitrogens is 2. The van der Waals surface area contributed by atoms with E-state index < -0.39 is 0 Å². The molecule has 17 rings (SSSR count). The minimum Gasteiger partial charge on any atom is -0.308 e. The Kier molecular flexibility index (Phi) is 13.3. The summed E-state index contributed by atoms with van der Waals surface area (Å²) in [5.41, 5.74) is 32.0. The molecule has 2 nitrogen and oxygen atoms in total. The predicted octanol–water partition coefficient (Wildman–Crippen LogP) is 26.5. The lowest BCUT2D eigenvalue weighted by atomic mass is 9.79. The Morgan fingerprint density at radius 3 is 0.688 bits per heavy atom. The SMILES string of the molecule is CC(C)(C)c1cc(-c2ccc3c(c2)c2c4c5cc(-c6c(-c7ccccc7)cccc6-c6ccccc6)ccc5n5c6ccc(-c7cc(C(C)(C)C)cc(C(C)(C)C)c7)cc6c(c6c7cc(-c8c(-c9ccccc9)cccc8-c8ccccc8)ccc7n3c26)c45)cc(C(C)(C)C)c1. The summed E-state index contributed by atoms with van der Waals surface area (Å²) in [6, 6.07) is 102. The average molecular weight is 1240 g/mol. The van der Waals surface area contributed by atoms with Gasteiger partial charge < -0.3 is 8.80 Å². The Morgan fingerprint density at radius 2 is 0.438 bits per heavy atom. The summed E-state index contributed by atoms with van der Waals surface area (Å²) in [7, 11) is 0. The van der Waals surface area contributed by atoms with Crippen LogP contribution in [0.4, 0.5) is 0 Å². The number of benzene rings is 13. The molecule has 4 heterocycles. The lowest BCUT2D eigenvalue weighted by Crippen LogP contribution is -2.16. The van der Waals surface area contributed by atoms with Crippen LogP contribution in [0.3, 0.4) is 0 Å². The average Bonchev–Trinajstić information content (AvgIpc) is 1.49. The highest BCUT2D eigenvalue weighted by atomic mass is 14.9. The molecule has 466 valence electrons. The molecule has 0 radical (unpaired) electrons. The van der Waals surface area contributed by atoms with Crippen LogP contribution < -0.4 is 0 Å². The van der Waals surface area contributed by atoms with Gasteiger partial charge >= 0.3 is 0 Å². The summed E-state index contributed by atoms with van der Waals surface area (Å²) in [4.78, 5) is 0. The van der Waals surface area contributed by atoms with Gasteiger partial charge in [-0.05, 0) is 181 Å². The van der Waals surface area contributed by atoms with Crippen molar-refractivity contribution in [3.63, 3.8) is 0 Å². The van der Waals surface area contributed by atoms with Crippen molar-refractivity contribution in [1.82, 2.24) is 8.80 Å². The molecule has 13 aromatic carbocycles. The fourth-order valence-electron chi connectivity index (χ4n) is 15.8. The van der Waals surface area contributed by atoms with E-state index in [1.54, 1.807) is 0 Å². The Labute approximate surface area is 564 Å². The smallest absolute Gasteiger partial charge is 0.0634 e. The van der Waals surface area contributed by atoms with Crippen molar-refractivity contribution in [3.05, 3.63) is 289 Å². The molecule has 17 aromatic rings. The molecule has 0 aliphatic rings. The number of hydrogen-bond donors (Lipinski definition) is 0. The topological polar surface area (TPSA) is 8.82 Å². The number of rotatable bonds is 8. The maximum absolute atomic E-state index is 2.65. The van der Waals surface area contributed by atoms with Gasteiger partial charge in [0, 0.05) is 43.1 Å². The van der Waals surface area contributed by atoms with Crippen molar-refractivity contribution < 1.29 is 0 Å². The molecule has 0 amide bonds. The van der Waals surface area contributed by atoms with Crippen LogP contribution in [0, 0.1) is 0 Å². The lowest BCUT2D eigenvalue weighted by Gasteiger charge is -2.26. The van der Waals surface area contributed by atoms with E-state index in [1.165, 1.54) is 187 Å². The minimum absolute atomic E-state index is 0.0477. The van der Waals surface area contributed by atoms with Crippen LogP contribution in [-0.2, 0) is 21.7 Å². The molecule has 2 heteroatoms. The first-order valence-electron chi connectivity index (χ1n) is 34.4. The molecule has 0 atom stereocenters. The Balaban J connectivity index is 1.06. The van der Waals surface area contributed by atoms with Gasteiger partial charge in [0.05, 0.1) is 33.1 Å². The maximum Gasteiger partial charge on any atom is 0.0634 e. The van der Waals surface area contributed by atoms with Gasteiger partial charge in [0.1, 0.15) is 0 Å². The second-order valence-corrected chi connectivity index (χ2v) is 31.3. The van der Waals surface area contributed by atoms with Gasteiger partial charge in [-0.2, -0.15) is 0 Å². The van der Waals surface area contributed by atoms with Gasteiger partial charge in [0.2, 0.25) is 0 Å². The highest BCUT2D eigenvalue weighted by Gasteiger charge is 2.32. The van der Waals surface area contributed by atoms with Crippen LogP contribution in [0.25, 0.3) is 165 Å². The largest absolute Gasteiger partial charge is 0.308 e. The number of nitrogens with zero attached hydrogens (tertiary/aromatic N) is 2. The summed E-state index contributed by atoms with van der Waals surface area (Å²) in [6.45, 7) is 28.2. The molecule has 0 unspecified atom stereocenters. The van der Waals surface area contributed by atoms with Crippen molar-refractivity contribution in [2.75, 3.05) is 0 Å². The van der Waals surface area contributed by atoms with Crippen LogP contribution >= 0.6 is 0 Å². The normalized spacial score (nSPS) is 12.8. The van der Waals surface area contributed by atoms with Crippen LogP contribution in [0.15, 0.2) is 267 Å². The van der Waals surface area contributed by atoms with Gasteiger partial charge in [0.15, 0.2) is 0 Å². The fraction of sp³-hybridized carbons (Fsp3) is 0.170. The van der Waals surface area contributed by atoms with Crippen LogP contribution in [0.5, 0.6) is 0 Å². The molecule has 0 spiro atoms. The molecule has 0 saturated heterocycles. The molecular formula is C94H80N2. The number of fused-ring (bicyclic) bond motifs is 14. The summed E-state index contributed by atoms with van der Waals surface area (Å²) < 4.78 is 5.31. The van der Waals surface area contributed by atoms with Gasteiger partial charge in [-0.15, -0.1) is 0 Å². The monoisotopic (exact) mass is 1240 g/mol. The summed E-state index contributed by atoms with van der Waals surface area (Å²) in [6.07, 6.45) is 0. The second-order valence-electron chi connectivity index (χ2n) is 31.3. The van der Waals surface area contributed by atoms with Gasteiger partial charge in [-0.1, -0.05) is 301 Å². The van der Waals surface area contributed by atoms with Crippen molar-refractivity contribution >= 4 is 76.2 Å². The molecule has 0 fully saturated rings. The van der Waals surface area contributed by atoms with Crippen molar-refractivity contribution in [2.45, 2.75) is 105 Å². The minimum atomic E-state index is -0.0477. The van der Waals surface area contributed by atoms with E-state index in [9.17, 15) is 0 Å². The third-order valence-corrected chi connectivity index (χ3v) is 21.0. The Bertz CT molecular complexity index is 5380. The maximum atomic E-state index is 2.65. The third kappa shape index (κ3) is 9.42. The van der Waals surface area contributed by atoms with Crippen LogP contribution in [0.2, 0.25) is 0 Å². The molecule has 4 aromatic heterocycles. The zero-order valence-corrected chi connectivity index (χ0v) is 57.3. The molecule has 0 bridgehead atoms. The number of hydrogen-bond acceptors (Lipinski definition) is 0. The zero-order chi connectivity index (χ0) is 65.9. The van der Waals surface area contributed by atoms with Crippen molar-refractivity contribution in [2.24, 2.45) is 0 Å². The molecule has 0 N–H and O–H groups in total. The van der Waals surface area contributed by atoms with E-state index in [2.05, 4.69) is 359 Å². The lowest BCUT2D eigenvalue weighted by molar-refractivity contribution is 0.568. The van der Waals surface area contributed by atoms with Crippen LogP contribution in [-0.4, -0.2) is 8.80 Å². The van der Waals surface area contributed by atoms with E-state index in [4.69, 9.17) is 0 Å². The van der Waals surface area contributed by atoms with E-state index in [1.807, 2.05) is 0 Å². The first-order chi connectivity index (χ1) is 46.2. The second kappa shape index (κ2) is 21.5.